The van der Waals surface area contributed by atoms with E-state index in [9.17, 15) is 24.6 Å². The van der Waals surface area contributed by atoms with Crippen molar-refractivity contribution in [3.63, 3.8) is 0 Å². The van der Waals surface area contributed by atoms with E-state index in [1.165, 1.54) is 17.7 Å². The van der Waals surface area contributed by atoms with Crippen molar-refractivity contribution in [3.8, 4) is 11.5 Å². The molecule has 5 rings (SSSR count). The average molecular weight is 645 g/mol. The van der Waals surface area contributed by atoms with Gasteiger partial charge >= 0.3 is 11.7 Å². The number of H-pyrrole nitrogens is 1. The second-order valence-corrected chi connectivity index (χ2v) is 11.5. The monoisotopic (exact) mass is 644 g/mol. The number of para-hydroxylation sites is 2. The first-order valence-corrected chi connectivity index (χ1v) is 15.5. The number of carbonyl (C=O) groups is 1. The first kappa shape index (κ1) is 33.6. The van der Waals surface area contributed by atoms with Crippen LogP contribution in [0.3, 0.4) is 0 Å². The molecule has 3 aromatic carbocycles. The number of aliphatic hydroxyl groups excluding tert-OH is 2. The minimum absolute atomic E-state index is 0.0255. The summed E-state index contributed by atoms with van der Waals surface area (Å²) in [6.45, 7) is 1.56. The van der Waals surface area contributed by atoms with Crippen molar-refractivity contribution in [2.24, 2.45) is 0 Å². The van der Waals surface area contributed by atoms with E-state index in [0.29, 0.717) is 53.0 Å². The van der Waals surface area contributed by atoms with Crippen molar-refractivity contribution in [1.82, 2.24) is 9.55 Å². The van der Waals surface area contributed by atoms with Crippen molar-refractivity contribution in [1.29, 1.82) is 0 Å². The third-order valence-electron chi connectivity index (χ3n) is 8.68. The summed E-state index contributed by atoms with van der Waals surface area (Å²) in [5, 5.41) is 24.2. The van der Waals surface area contributed by atoms with Crippen molar-refractivity contribution in [2.45, 2.75) is 62.6 Å². The van der Waals surface area contributed by atoms with Gasteiger partial charge in [0, 0.05) is 36.2 Å². The zero-order chi connectivity index (χ0) is 33.6. The van der Waals surface area contributed by atoms with E-state index in [1.807, 2.05) is 66.7 Å². The normalized spacial score (nSPS) is 18.4. The number of aromatic amines is 1. The zero-order valence-electron chi connectivity index (χ0n) is 26.6. The molecule has 4 aromatic rings. The first-order valence-electron chi connectivity index (χ1n) is 15.5. The van der Waals surface area contributed by atoms with Gasteiger partial charge in [-0.1, -0.05) is 66.7 Å². The predicted octanol–water partition coefficient (Wildman–Crippen LogP) is 3.48. The Balaban J connectivity index is 1.58. The number of nitrogens with zero attached hydrogens (tertiary/aromatic N) is 1. The Hall–Kier alpha value is -4.71. The summed E-state index contributed by atoms with van der Waals surface area (Å²) >= 11 is 0. The maximum Gasteiger partial charge on any atom is 0.330 e. The number of ether oxygens (including phenoxy) is 4. The Labute approximate surface area is 272 Å². The number of hydrogen-bond donors (Lipinski definition) is 3. The molecule has 11 heteroatoms. The molecule has 1 saturated heterocycles. The van der Waals surface area contributed by atoms with Gasteiger partial charge in [-0.3, -0.25) is 19.1 Å². The second kappa shape index (κ2) is 14.8. The van der Waals surface area contributed by atoms with Gasteiger partial charge in [0.25, 0.3) is 5.56 Å². The molecule has 0 aliphatic carbocycles. The van der Waals surface area contributed by atoms with E-state index >= 15 is 0 Å². The Kier molecular flexibility index (Phi) is 10.6. The highest BCUT2D eigenvalue weighted by Crippen LogP contribution is 2.51. The molecule has 1 fully saturated rings. The van der Waals surface area contributed by atoms with E-state index < -0.39 is 41.2 Å². The molecule has 0 bridgehead atoms. The molecule has 0 radical (unpaired) electrons. The van der Waals surface area contributed by atoms with Crippen LogP contribution in [0.15, 0.2) is 94.6 Å². The number of unbranched alkanes of at least 4 members (excludes halogenated alkanes) is 1. The molecule has 3 N–H and O–H groups in total. The molecule has 1 unspecified atom stereocenters. The molecule has 1 aliphatic heterocycles. The van der Waals surface area contributed by atoms with Gasteiger partial charge in [-0.15, -0.1) is 0 Å². The minimum atomic E-state index is -1.43. The molecule has 1 aliphatic rings. The number of benzene rings is 3. The first-order chi connectivity index (χ1) is 22.7. The third-order valence-corrected chi connectivity index (χ3v) is 8.68. The number of aryl methyl sites for hydroxylation is 1. The van der Waals surface area contributed by atoms with Crippen LogP contribution < -0.4 is 20.7 Å². The third kappa shape index (κ3) is 6.73. The Morgan fingerprint density at radius 1 is 0.957 bits per heavy atom. The van der Waals surface area contributed by atoms with Crippen LogP contribution >= 0.6 is 0 Å². The lowest BCUT2D eigenvalue weighted by Gasteiger charge is -2.43. The zero-order valence-corrected chi connectivity index (χ0v) is 26.6. The van der Waals surface area contributed by atoms with Crippen LogP contribution in [-0.4, -0.2) is 64.9 Å². The number of rotatable bonds is 13. The topological polar surface area (TPSA) is 149 Å². The van der Waals surface area contributed by atoms with Crippen LogP contribution in [0.1, 0.15) is 54.7 Å². The largest absolute Gasteiger partial charge is 0.496 e. The van der Waals surface area contributed by atoms with Crippen molar-refractivity contribution < 1.29 is 34.0 Å². The molecule has 47 heavy (non-hydrogen) atoms. The summed E-state index contributed by atoms with van der Waals surface area (Å²) in [6, 6.07) is 24.1. The smallest absolute Gasteiger partial charge is 0.330 e. The average Bonchev–Trinajstić information content (AvgIpc) is 3.47. The number of methoxy groups -OCH3 is 2. The second-order valence-electron chi connectivity index (χ2n) is 11.5. The van der Waals surface area contributed by atoms with Gasteiger partial charge in [-0.2, -0.15) is 0 Å². The molecular formula is C36H40N2O9. The summed E-state index contributed by atoms with van der Waals surface area (Å²) in [4.78, 5) is 39.1. The van der Waals surface area contributed by atoms with Crippen LogP contribution in [0.25, 0.3) is 0 Å². The van der Waals surface area contributed by atoms with Crippen LogP contribution in [0.5, 0.6) is 11.5 Å². The standard InChI is InChI=1S/C36H40N2O9/c1-23(39)46-20-12-11-13-24-22-38(35(43)37-34(24)42)31-21-28(40)32(47-31)33(41)36(25-14-5-4-6-15-25,26-16-7-9-18-29(26)44-2)27-17-8-10-19-30(27)45-3/h4-10,14-19,22,28,31-33,40-41H,11-13,20-21H2,1-3H3,(H,37,42,43)/t28-,31+,32-,33?/m0/s1. The highest BCUT2D eigenvalue weighted by Gasteiger charge is 2.54. The van der Waals surface area contributed by atoms with Gasteiger partial charge in [0.1, 0.15) is 29.9 Å². The van der Waals surface area contributed by atoms with E-state index in [2.05, 4.69) is 4.98 Å². The van der Waals surface area contributed by atoms with Crippen LogP contribution in [0, 0.1) is 0 Å². The van der Waals surface area contributed by atoms with E-state index in [0.717, 1.165) is 0 Å². The quantitative estimate of drug-likeness (QED) is 0.113. The van der Waals surface area contributed by atoms with Crippen molar-refractivity contribution >= 4 is 5.97 Å². The SMILES string of the molecule is COc1ccccc1C(c1ccccc1)(c1ccccc1OC)C(O)[C@H]1O[C@@H](n2cc(CCCCOC(C)=O)c(=O)[nH]c2=O)C[C@@H]1O. The van der Waals surface area contributed by atoms with E-state index in [-0.39, 0.29) is 19.0 Å². The molecule has 4 atom stereocenters. The predicted molar refractivity (Wildman–Crippen MR) is 174 cm³/mol. The Morgan fingerprint density at radius 2 is 1.55 bits per heavy atom. The summed E-state index contributed by atoms with van der Waals surface area (Å²) in [7, 11) is 3.10. The fraction of sp³-hybridized carbons (Fsp3) is 0.361. The van der Waals surface area contributed by atoms with Gasteiger partial charge in [0.2, 0.25) is 0 Å². The summed E-state index contributed by atoms with van der Waals surface area (Å²) in [5.41, 5.74) is -0.345. The van der Waals surface area contributed by atoms with Crippen LogP contribution in [0.2, 0.25) is 0 Å². The number of aromatic nitrogens is 2. The van der Waals surface area contributed by atoms with Gasteiger partial charge in [-0.25, -0.2) is 4.79 Å². The molecule has 0 spiro atoms. The van der Waals surface area contributed by atoms with Crippen LogP contribution in [0.4, 0.5) is 0 Å². The maximum atomic E-state index is 13.0. The lowest BCUT2D eigenvalue weighted by Crippen LogP contribution is -2.51. The molecule has 248 valence electrons. The van der Waals surface area contributed by atoms with Gasteiger partial charge in [-0.05, 0) is 37.0 Å². The van der Waals surface area contributed by atoms with Crippen molar-refractivity contribution in [2.75, 3.05) is 20.8 Å². The van der Waals surface area contributed by atoms with Gasteiger partial charge in [0.15, 0.2) is 0 Å². The number of aliphatic hydroxyl groups is 2. The number of carbonyl (C=O) groups excluding carboxylic acids is 1. The number of nitrogens with one attached hydrogen (secondary N) is 1. The lowest BCUT2D eigenvalue weighted by molar-refractivity contribution is -0.141. The molecule has 0 amide bonds. The molecule has 11 nitrogen and oxygen atoms in total. The Morgan fingerprint density at radius 3 is 2.15 bits per heavy atom. The highest BCUT2D eigenvalue weighted by molar-refractivity contribution is 5.65. The molecule has 2 heterocycles. The molecule has 0 saturated carbocycles. The van der Waals surface area contributed by atoms with Gasteiger partial charge < -0.3 is 29.2 Å². The number of esters is 1. The van der Waals surface area contributed by atoms with E-state index in [1.54, 1.807) is 26.4 Å². The van der Waals surface area contributed by atoms with Crippen LogP contribution in [-0.2, 0) is 26.1 Å². The summed E-state index contributed by atoms with van der Waals surface area (Å²) in [6.07, 6.45) is -1.99. The summed E-state index contributed by atoms with van der Waals surface area (Å²) < 4.78 is 24.3. The fourth-order valence-electron chi connectivity index (χ4n) is 6.52. The van der Waals surface area contributed by atoms with E-state index in [4.69, 9.17) is 18.9 Å². The highest BCUT2D eigenvalue weighted by atomic mass is 16.5. The lowest BCUT2D eigenvalue weighted by atomic mass is 9.63. The number of hydrogen-bond acceptors (Lipinski definition) is 9. The molecular weight excluding hydrogens is 604 g/mol. The summed E-state index contributed by atoms with van der Waals surface area (Å²) in [5.74, 6) is 0.624. The Bertz CT molecular complexity index is 1740. The van der Waals surface area contributed by atoms with Gasteiger partial charge in [0.05, 0.1) is 32.3 Å². The minimum Gasteiger partial charge on any atom is -0.496 e. The maximum absolute atomic E-state index is 13.0. The molecule has 1 aromatic heterocycles. The fourth-order valence-corrected chi connectivity index (χ4v) is 6.52. The van der Waals surface area contributed by atoms with Crippen molar-refractivity contribution in [3.05, 3.63) is 128 Å².